The van der Waals surface area contributed by atoms with Crippen LogP contribution in [0.3, 0.4) is 0 Å². The van der Waals surface area contributed by atoms with Gasteiger partial charge in [-0.25, -0.2) is 12.8 Å². The Morgan fingerprint density at radius 1 is 1.12 bits per heavy atom. The highest BCUT2D eigenvalue weighted by molar-refractivity contribution is 7.92. The van der Waals surface area contributed by atoms with Gasteiger partial charge in [0, 0.05) is 5.46 Å². The van der Waals surface area contributed by atoms with Crippen molar-refractivity contribution in [1.29, 1.82) is 0 Å². The van der Waals surface area contributed by atoms with Crippen LogP contribution in [0, 0.1) is 5.82 Å². The molecule has 1 saturated heterocycles. The lowest BCUT2D eigenvalue weighted by Gasteiger charge is -2.32. The summed E-state index contributed by atoms with van der Waals surface area (Å²) in [6, 6.07) is 3.85. The summed E-state index contributed by atoms with van der Waals surface area (Å²) in [6.07, 6.45) is -6.15. The van der Waals surface area contributed by atoms with E-state index in [1.54, 1.807) is 27.7 Å². The maximum atomic E-state index is 14.7. The number of sulfonamides is 1. The molecular formula is C15H20BF4NO4S. The Bertz CT molecular complexity index is 764. The van der Waals surface area contributed by atoms with E-state index in [1.807, 2.05) is 4.72 Å². The van der Waals surface area contributed by atoms with E-state index in [2.05, 4.69) is 0 Å². The smallest absolute Gasteiger partial charge is 0.399 e. The Balaban J connectivity index is 2.23. The molecule has 0 aromatic heterocycles. The summed E-state index contributed by atoms with van der Waals surface area (Å²) in [7, 11) is -5.44. The van der Waals surface area contributed by atoms with Crippen LogP contribution in [0.5, 0.6) is 0 Å². The number of hydrogen-bond acceptors (Lipinski definition) is 4. The van der Waals surface area contributed by atoms with Crippen LogP contribution in [0.2, 0.25) is 0 Å². The summed E-state index contributed by atoms with van der Waals surface area (Å²) >= 11 is 0. The summed E-state index contributed by atoms with van der Waals surface area (Å²) in [5.41, 5.74) is -1.96. The van der Waals surface area contributed by atoms with E-state index in [-0.39, 0.29) is 5.46 Å². The topological polar surface area (TPSA) is 64.6 Å². The Morgan fingerprint density at radius 2 is 1.65 bits per heavy atom. The van der Waals surface area contributed by atoms with Crippen molar-refractivity contribution in [1.82, 2.24) is 0 Å². The van der Waals surface area contributed by atoms with Crippen LogP contribution < -0.4 is 10.2 Å². The van der Waals surface area contributed by atoms with Crippen LogP contribution in [-0.4, -0.2) is 38.7 Å². The van der Waals surface area contributed by atoms with Gasteiger partial charge in [-0.2, -0.15) is 13.2 Å². The third kappa shape index (κ3) is 4.69. The maximum Gasteiger partial charge on any atom is 0.497 e. The van der Waals surface area contributed by atoms with Gasteiger partial charge >= 0.3 is 13.3 Å². The minimum absolute atomic E-state index is 0.0420. The molecule has 26 heavy (non-hydrogen) atoms. The molecule has 0 aliphatic carbocycles. The monoisotopic (exact) mass is 397 g/mol. The zero-order valence-corrected chi connectivity index (χ0v) is 15.6. The fourth-order valence-electron chi connectivity index (χ4n) is 2.25. The molecule has 0 saturated carbocycles. The summed E-state index contributed by atoms with van der Waals surface area (Å²) in [5.74, 6) is -2.15. The molecule has 1 aromatic rings. The number of nitrogens with one attached hydrogen (secondary N) is 1. The highest BCUT2D eigenvalue weighted by Gasteiger charge is 2.52. The van der Waals surface area contributed by atoms with Gasteiger partial charge in [-0.1, -0.05) is 12.1 Å². The number of halogens is 4. The highest BCUT2D eigenvalue weighted by Crippen LogP contribution is 2.37. The number of rotatable bonds is 5. The summed E-state index contributed by atoms with van der Waals surface area (Å²) in [4.78, 5) is 0. The predicted octanol–water partition coefficient (Wildman–Crippen LogP) is 2.82. The Hall–Kier alpha value is -1.33. The molecule has 1 aliphatic heterocycles. The third-order valence-electron chi connectivity index (χ3n) is 4.46. The van der Waals surface area contributed by atoms with E-state index < -0.39 is 58.2 Å². The molecule has 0 bridgehead atoms. The van der Waals surface area contributed by atoms with Gasteiger partial charge in [0.15, 0.2) is 0 Å². The largest absolute Gasteiger partial charge is 0.497 e. The summed E-state index contributed by atoms with van der Waals surface area (Å²) in [6.45, 7) is 7.09. The molecule has 2 rings (SSSR count). The lowest BCUT2D eigenvalue weighted by Crippen LogP contribution is -2.41. The molecular weight excluding hydrogens is 377 g/mol. The van der Waals surface area contributed by atoms with Crippen molar-refractivity contribution in [3.63, 3.8) is 0 Å². The molecule has 1 heterocycles. The van der Waals surface area contributed by atoms with Gasteiger partial charge in [-0.05, 0) is 33.8 Å². The van der Waals surface area contributed by atoms with E-state index in [0.717, 1.165) is 6.07 Å². The molecule has 0 radical (unpaired) electrons. The second-order valence-electron chi connectivity index (χ2n) is 7.08. The first-order valence-corrected chi connectivity index (χ1v) is 9.50. The minimum atomic E-state index is -4.63. The predicted molar refractivity (Wildman–Crippen MR) is 90.2 cm³/mol. The third-order valence-corrected chi connectivity index (χ3v) is 5.73. The van der Waals surface area contributed by atoms with Crippen molar-refractivity contribution in [2.75, 3.05) is 10.5 Å². The summed E-state index contributed by atoms with van der Waals surface area (Å²) in [5, 5.41) is 0. The minimum Gasteiger partial charge on any atom is -0.399 e. The van der Waals surface area contributed by atoms with E-state index >= 15 is 0 Å². The van der Waals surface area contributed by atoms with Crippen LogP contribution in [0.4, 0.5) is 23.2 Å². The molecule has 1 N–H and O–H groups in total. The molecule has 0 spiro atoms. The van der Waals surface area contributed by atoms with Gasteiger partial charge in [-0.3, -0.25) is 4.72 Å². The first-order chi connectivity index (χ1) is 11.6. The van der Waals surface area contributed by atoms with Crippen molar-refractivity contribution < 1.29 is 35.3 Å². The van der Waals surface area contributed by atoms with Crippen molar-refractivity contribution in [2.24, 2.45) is 0 Å². The van der Waals surface area contributed by atoms with Crippen LogP contribution in [0.1, 0.15) is 34.1 Å². The van der Waals surface area contributed by atoms with Gasteiger partial charge < -0.3 is 9.31 Å². The van der Waals surface area contributed by atoms with Gasteiger partial charge in [0.2, 0.25) is 10.0 Å². The number of benzene rings is 1. The normalized spacial score (nSPS) is 19.6. The fourth-order valence-corrected chi connectivity index (χ4v) is 3.34. The van der Waals surface area contributed by atoms with Crippen LogP contribution in [0.25, 0.3) is 0 Å². The average molecular weight is 397 g/mol. The molecule has 11 heteroatoms. The number of anilines is 1. The van der Waals surface area contributed by atoms with Gasteiger partial charge in [0.05, 0.1) is 29.1 Å². The van der Waals surface area contributed by atoms with Crippen molar-refractivity contribution in [3.05, 3.63) is 24.0 Å². The van der Waals surface area contributed by atoms with Gasteiger partial charge in [0.1, 0.15) is 5.82 Å². The number of alkyl halides is 3. The van der Waals surface area contributed by atoms with Crippen LogP contribution >= 0.6 is 0 Å². The lowest BCUT2D eigenvalue weighted by molar-refractivity contribution is -0.129. The zero-order chi connectivity index (χ0) is 20.0. The van der Waals surface area contributed by atoms with Crippen LogP contribution in [-0.2, 0) is 19.3 Å². The molecule has 146 valence electrons. The Kier molecular flexibility index (Phi) is 5.39. The molecule has 0 amide bonds. The zero-order valence-electron chi connectivity index (χ0n) is 14.8. The number of hydrogen-bond donors (Lipinski definition) is 1. The SMILES string of the molecule is CC1(C)OB(c2cccc(NS(=O)(=O)CCC(F)(F)F)c2F)OC1(C)C. The Morgan fingerprint density at radius 3 is 2.15 bits per heavy atom. The second-order valence-corrected chi connectivity index (χ2v) is 8.93. The second kappa shape index (κ2) is 6.68. The standard InChI is InChI=1S/C15H20BF4NO4S/c1-13(2)14(3,4)25-16(24-13)10-6-5-7-11(12(10)17)21-26(22,23)9-8-15(18,19)20/h5-7,21H,8-9H2,1-4H3. The van der Waals surface area contributed by atoms with E-state index in [4.69, 9.17) is 9.31 Å². The van der Waals surface area contributed by atoms with Gasteiger partial charge in [-0.15, -0.1) is 0 Å². The molecule has 0 unspecified atom stereocenters. The fraction of sp³-hybridized carbons (Fsp3) is 0.600. The van der Waals surface area contributed by atoms with E-state index in [1.165, 1.54) is 12.1 Å². The Labute approximate surface area is 150 Å². The van der Waals surface area contributed by atoms with Crippen molar-refractivity contribution in [2.45, 2.75) is 51.5 Å². The summed E-state index contributed by atoms with van der Waals surface area (Å²) < 4.78 is 88.3. The molecule has 1 aliphatic rings. The average Bonchev–Trinajstić information content (AvgIpc) is 2.67. The quantitative estimate of drug-likeness (QED) is 0.613. The van der Waals surface area contributed by atoms with Crippen molar-refractivity contribution >= 4 is 28.3 Å². The van der Waals surface area contributed by atoms with Crippen LogP contribution in [0.15, 0.2) is 18.2 Å². The van der Waals surface area contributed by atoms with E-state index in [0.29, 0.717) is 0 Å². The highest BCUT2D eigenvalue weighted by atomic mass is 32.2. The van der Waals surface area contributed by atoms with Crippen molar-refractivity contribution in [3.8, 4) is 0 Å². The van der Waals surface area contributed by atoms with E-state index in [9.17, 15) is 26.0 Å². The first kappa shape index (κ1) is 21.0. The first-order valence-electron chi connectivity index (χ1n) is 7.85. The van der Waals surface area contributed by atoms with Gasteiger partial charge in [0.25, 0.3) is 0 Å². The molecule has 1 fully saturated rings. The maximum absolute atomic E-state index is 14.7. The molecule has 5 nitrogen and oxygen atoms in total. The molecule has 0 atom stereocenters. The molecule has 1 aromatic carbocycles. The lowest BCUT2D eigenvalue weighted by atomic mass is 9.78.